The van der Waals surface area contributed by atoms with Crippen molar-refractivity contribution >= 4 is 5.91 Å². The van der Waals surface area contributed by atoms with Gasteiger partial charge in [0.2, 0.25) is 5.91 Å². The zero-order valence-corrected chi connectivity index (χ0v) is 11.0. The van der Waals surface area contributed by atoms with Crippen LogP contribution in [0.1, 0.15) is 32.0 Å². The fourth-order valence-corrected chi connectivity index (χ4v) is 1.63. The topological polar surface area (TPSA) is 72.9 Å². The number of hydrogen-bond donors (Lipinski definition) is 2. The molecule has 0 saturated carbocycles. The summed E-state index contributed by atoms with van der Waals surface area (Å²) in [7, 11) is 1.88. The van der Waals surface area contributed by atoms with Gasteiger partial charge in [-0.05, 0) is 12.3 Å². The Morgan fingerprint density at radius 3 is 2.76 bits per heavy atom. The molecule has 96 valence electrons. The summed E-state index contributed by atoms with van der Waals surface area (Å²) in [5, 5.41) is 7.17. The Hall–Kier alpha value is -1.36. The maximum atomic E-state index is 11.7. The van der Waals surface area contributed by atoms with Gasteiger partial charge in [-0.1, -0.05) is 20.8 Å². The summed E-state index contributed by atoms with van der Waals surface area (Å²) in [6, 6.07) is -0.447. The molecule has 5 nitrogen and oxygen atoms in total. The molecule has 3 N–H and O–H groups in total. The van der Waals surface area contributed by atoms with Crippen molar-refractivity contribution in [3.8, 4) is 0 Å². The lowest BCUT2D eigenvalue weighted by molar-refractivity contribution is -0.123. The molecule has 1 aromatic heterocycles. The molecule has 0 saturated heterocycles. The Morgan fingerprint density at radius 2 is 2.24 bits per heavy atom. The molecule has 0 spiro atoms. The Bertz CT molecular complexity index is 384. The molecule has 1 heterocycles. The highest BCUT2D eigenvalue weighted by Crippen LogP contribution is 2.07. The summed E-state index contributed by atoms with van der Waals surface area (Å²) in [5.41, 5.74) is 7.84. The number of nitrogens with zero attached hydrogens (tertiary/aromatic N) is 2. The Balaban J connectivity index is 2.58. The molecule has 0 aliphatic heterocycles. The Morgan fingerprint density at radius 1 is 1.59 bits per heavy atom. The van der Waals surface area contributed by atoms with Crippen LogP contribution in [0.5, 0.6) is 0 Å². The van der Waals surface area contributed by atoms with Gasteiger partial charge in [0.1, 0.15) is 0 Å². The van der Waals surface area contributed by atoms with Gasteiger partial charge in [0.15, 0.2) is 0 Å². The number of nitrogens with one attached hydrogen (secondary N) is 1. The average molecular weight is 238 g/mol. The number of hydrogen-bond acceptors (Lipinski definition) is 3. The summed E-state index contributed by atoms with van der Waals surface area (Å²) >= 11 is 0. The number of amides is 1. The van der Waals surface area contributed by atoms with Gasteiger partial charge in [-0.3, -0.25) is 9.48 Å². The maximum absolute atomic E-state index is 11.7. The van der Waals surface area contributed by atoms with Crippen molar-refractivity contribution in [1.82, 2.24) is 15.1 Å². The molecule has 1 rings (SSSR count). The third-order valence-corrected chi connectivity index (χ3v) is 2.80. The number of carbonyl (C=O) groups excluding carboxylic acids is 1. The Labute approximate surface area is 102 Å². The van der Waals surface area contributed by atoms with E-state index in [0.29, 0.717) is 6.54 Å². The van der Waals surface area contributed by atoms with Crippen LogP contribution in [-0.2, 0) is 24.8 Å². The van der Waals surface area contributed by atoms with Crippen molar-refractivity contribution in [2.45, 2.75) is 39.8 Å². The van der Waals surface area contributed by atoms with E-state index >= 15 is 0 Å². The molecule has 0 radical (unpaired) electrons. The van der Waals surface area contributed by atoms with Crippen molar-refractivity contribution in [2.24, 2.45) is 18.7 Å². The number of nitrogens with two attached hydrogens (primary N) is 1. The summed E-state index contributed by atoms with van der Waals surface area (Å²) in [6.07, 6.45) is 2.79. The highest BCUT2D eigenvalue weighted by atomic mass is 16.2. The molecule has 0 unspecified atom stereocenters. The second kappa shape index (κ2) is 5.82. The van der Waals surface area contributed by atoms with Crippen molar-refractivity contribution in [1.29, 1.82) is 0 Å². The van der Waals surface area contributed by atoms with Gasteiger partial charge in [-0.15, -0.1) is 0 Å². The van der Waals surface area contributed by atoms with Crippen LogP contribution in [0.2, 0.25) is 0 Å². The molecule has 0 aromatic carbocycles. The molecule has 5 heteroatoms. The van der Waals surface area contributed by atoms with E-state index < -0.39 is 6.04 Å². The first-order valence-electron chi connectivity index (χ1n) is 6.00. The lowest BCUT2D eigenvalue weighted by Crippen LogP contribution is -2.43. The summed E-state index contributed by atoms with van der Waals surface area (Å²) in [6.45, 7) is 6.42. The molecule has 0 aliphatic rings. The minimum absolute atomic E-state index is 0.106. The summed E-state index contributed by atoms with van der Waals surface area (Å²) in [4.78, 5) is 11.7. The molecular formula is C12H22N4O. The van der Waals surface area contributed by atoms with Gasteiger partial charge < -0.3 is 11.1 Å². The van der Waals surface area contributed by atoms with E-state index in [-0.39, 0.29) is 11.8 Å². The van der Waals surface area contributed by atoms with Crippen LogP contribution in [0.25, 0.3) is 0 Å². The predicted molar refractivity (Wildman–Crippen MR) is 67.2 cm³/mol. The SMILES string of the molecule is CCc1nn(C)cc1CNC(=O)[C@H](N)C(C)C. The van der Waals surface area contributed by atoms with E-state index in [1.165, 1.54) is 0 Å². The standard InChI is InChI=1S/C12H22N4O/c1-5-10-9(7-16(4)15-10)6-14-12(17)11(13)8(2)3/h7-8,11H,5-6,13H2,1-4H3,(H,14,17)/t11-/m1/s1. The van der Waals surface area contributed by atoms with E-state index in [4.69, 9.17) is 5.73 Å². The van der Waals surface area contributed by atoms with E-state index in [1.54, 1.807) is 4.68 Å². The van der Waals surface area contributed by atoms with Crippen molar-refractivity contribution in [3.63, 3.8) is 0 Å². The van der Waals surface area contributed by atoms with Crippen LogP contribution >= 0.6 is 0 Å². The summed E-state index contributed by atoms with van der Waals surface area (Å²) < 4.78 is 1.77. The lowest BCUT2D eigenvalue weighted by Gasteiger charge is -2.15. The second-order valence-electron chi connectivity index (χ2n) is 4.62. The van der Waals surface area contributed by atoms with Crippen LogP contribution < -0.4 is 11.1 Å². The van der Waals surface area contributed by atoms with Crippen molar-refractivity contribution < 1.29 is 4.79 Å². The maximum Gasteiger partial charge on any atom is 0.237 e. The van der Waals surface area contributed by atoms with E-state index in [9.17, 15) is 4.79 Å². The minimum Gasteiger partial charge on any atom is -0.351 e. The highest BCUT2D eigenvalue weighted by molar-refractivity contribution is 5.81. The zero-order chi connectivity index (χ0) is 13.0. The van der Waals surface area contributed by atoms with E-state index in [0.717, 1.165) is 17.7 Å². The molecule has 0 fully saturated rings. The second-order valence-corrected chi connectivity index (χ2v) is 4.62. The van der Waals surface area contributed by atoms with Crippen LogP contribution in [0.4, 0.5) is 0 Å². The molecule has 1 atom stereocenters. The molecular weight excluding hydrogens is 216 g/mol. The van der Waals surface area contributed by atoms with Gasteiger partial charge in [0.05, 0.1) is 11.7 Å². The molecule has 0 bridgehead atoms. The Kier molecular flexibility index (Phi) is 4.69. The van der Waals surface area contributed by atoms with E-state index in [1.807, 2.05) is 34.0 Å². The largest absolute Gasteiger partial charge is 0.351 e. The number of carbonyl (C=O) groups is 1. The third kappa shape index (κ3) is 3.56. The first kappa shape index (κ1) is 13.7. The smallest absolute Gasteiger partial charge is 0.237 e. The third-order valence-electron chi connectivity index (χ3n) is 2.80. The van der Waals surface area contributed by atoms with Gasteiger partial charge >= 0.3 is 0 Å². The minimum atomic E-state index is -0.447. The zero-order valence-electron chi connectivity index (χ0n) is 11.0. The first-order valence-corrected chi connectivity index (χ1v) is 6.00. The van der Waals surface area contributed by atoms with Crippen molar-refractivity contribution in [3.05, 3.63) is 17.5 Å². The van der Waals surface area contributed by atoms with Crippen LogP contribution in [0, 0.1) is 5.92 Å². The summed E-state index contributed by atoms with van der Waals surface area (Å²) in [5.74, 6) is 0.0421. The number of rotatable bonds is 5. The van der Waals surface area contributed by atoms with E-state index in [2.05, 4.69) is 10.4 Å². The quantitative estimate of drug-likeness (QED) is 0.788. The number of aromatic nitrogens is 2. The van der Waals surface area contributed by atoms with Crippen LogP contribution in [0.15, 0.2) is 6.20 Å². The van der Waals surface area contributed by atoms with Crippen LogP contribution in [-0.4, -0.2) is 21.7 Å². The van der Waals surface area contributed by atoms with Gasteiger partial charge in [0.25, 0.3) is 0 Å². The highest BCUT2D eigenvalue weighted by Gasteiger charge is 2.17. The fraction of sp³-hybridized carbons (Fsp3) is 0.667. The molecule has 1 aromatic rings. The molecule has 0 aliphatic carbocycles. The first-order chi connectivity index (χ1) is 7.95. The molecule has 1 amide bonds. The monoisotopic (exact) mass is 238 g/mol. The molecule has 17 heavy (non-hydrogen) atoms. The number of aryl methyl sites for hydroxylation is 2. The van der Waals surface area contributed by atoms with Gasteiger partial charge in [0, 0.05) is 25.4 Å². The van der Waals surface area contributed by atoms with Gasteiger partial charge in [-0.25, -0.2) is 0 Å². The normalized spacial score (nSPS) is 12.8. The van der Waals surface area contributed by atoms with Gasteiger partial charge in [-0.2, -0.15) is 5.10 Å². The lowest BCUT2D eigenvalue weighted by atomic mass is 10.0. The predicted octanol–water partition coefficient (Wildman–Crippen LogP) is 0.582. The average Bonchev–Trinajstić information content (AvgIpc) is 2.65. The van der Waals surface area contributed by atoms with Crippen LogP contribution in [0.3, 0.4) is 0 Å². The fourth-order valence-electron chi connectivity index (χ4n) is 1.63. The van der Waals surface area contributed by atoms with Crippen molar-refractivity contribution in [2.75, 3.05) is 0 Å².